The number of carbonyl (C=O) groups is 1. The number of amides is 1. The first-order chi connectivity index (χ1) is 12.0. The Balaban J connectivity index is 1.60. The summed E-state index contributed by atoms with van der Waals surface area (Å²) < 4.78 is 6.67. The molecule has 0 spiro atoms. The molecule has 3 aromatic rings. The van der Waals surface area contributed by atoms with Gasteiger partial charge in [-0.1, -0.05) is 57.3 Å². The number of anilines is 1. The summed E-state index contributed by atoms with van der Waals surface area (Å²) in [7, 11) is 0. The quantitative estimate of drug-likeness (QED) is 0.531. The number of hydrogen-bond acceptors (Lipinski definition) is 3. The summed E-state index contributed by atoms with van der Waals surface area (Å²) in [6.07, 6.45) is 2.27. The molecule has 0 saturated carbocycles. The van der Waals surface area contributed by atoms with Crippen molar-refractivity contribution in [3.8, 4) is 11.3 Å². The van der Waals surface area contributed by atoms with Crippen LogP contribution in [0.2, 0.25) is 10.0 Å². The number of carbonyl (C=O) groups excluding carboxylic acids is 1. The van der Waals surface area contributed by atoms with Gasteiger partial charge in [-0.15, -0.1) is 0 Å². The van der Waals surface area contributed by atoms with Crippen LogP contribution in [0.25, 0.3) is 11.3 Å². The van der Waals surface area contributed by atoms with Gasteiger partial charge in [-0.3, -0.25) is 4.79 Å². The molecule has 0 unspecified atom stereocenters. The molecule has 25 heavy (non-hydrogen) atoms. The minimum Gasteiger partial charge on any atom is -0.441 e. The highest BCUT2D eigenvalue weighted by atomic mass is 79.9. The van der Waals surface area contributed by atoms with E-state index < -0.39 is 0 Å². The van der Waals surface area contributed by atoms with Crippen LogP contribution in [0, 0.1) is 0 Å². The van der Waals surface area contributed by atoms with Gasteiger partial charge in [-0.05, 0) is 24.3 Å². The Morgan fingerprint density at radius 2 is 2.00 bits per heavy atom. The maximum Gasteiger partial charge on any atom is 0.224 e. The molecule has 0 bridgehead atoms. The van der Waals surface area contributed by atoms with Crippen molar-refractivity contribution in [1.82, 2.24) is 4.98 Å². The minimum absolute atomic E-state index is 0.189. The Morgan fingerprint density at radius 3 is 2.80 bits per heavy atom. The van der Waals surface area contributed by atoms with Crippen LogP contribution in [0.1, 0.15) is 12.3 Å². The lowest BCUT2D eigenvalue weighted by molar-refractivity contribution is -0.116. The summed E-state index contributed by atoms with van der Waals surface area (Å²) in [6.45, 7) is 0. The number of benzene rings is 2. The minimum atomic E-state index is -0.189. The lowest BCUT2D eigenvalue weighted by Gasteiger charge is -2.07. The monoisotopic (exact) mass is 438 g/mol. The third-order valence-electron chi connectivity index (χ3n) is 3.45. The topological polar surface area (TPSA) is 55.1 Å². The van der Waals surface area contributed by atoms with E-state index in [2.05, 4.69) is 26.2 Å². The molecule has 0 aliphatic rings. The predicted molar refractivity (Wildman–Crippen MR) is 103 cm³/mol. The van der Waals surface area contributed by atoms with E-state index in [4.69, 9.17) is 27.6 Å². The summed E-state index contributed by atoms with van der Waals surface area (Å²) in [5.74, 6) is 0.975. The molecular weight excluding hydrogens is 427 g/mol. The second-order valence-electron chi connectivity index (χ2n) is 5.28. The van der Waals surface area contributed by atoms with Crippen molar-refractivity contribution < 1.29 is 9.21 Å². The molecule has 0 radical (unpaired) electrons. The zero-order chi connectivity index (χ0) is 17.8. The molecule has 4 nitrogen and oxygen atoms in total. The first-order valence-corrected chi connectivity index (χ1v) is 9.02. The van der Waals surface area contributed by atoms with E-state index in [1.165, 1.54) is 0 Å². The van der Waals surface area contributed by atoms with Crippen LogP contribution in [0.3, 0.4) is 0 Å². The number of halogens is 3. The second-order valence-corrected chi connectivity index (χ2v) is 6.98. The van der Waals surface area contributed by atoms with Gasteiger partial charge in [-0.25, -0.2) is 4.98 Å². The van der Waals surface area contributed by atoms with Gasteiger partial charge in [0.15, 0.2) is 11.7 Å². The van der Waals surface area contributed by atoms with Crippen LogP contribution in [-0.2, 0) is 11.2 Å². The van der Waals surface area contributed by atoms with Crippen molar-refractivity contribution in [2.45, 2.75) is 12.8 Å². The Kier molecular flexibility index (Phi) is 5.78. The van der Waals surface area contributed by atoms with Gasteiger partial charge in [0.1, 0.15) is 0 Å². The fourth-order valence-corrected chi connectivity index (χ4v) is 2.98. The van der Waals surface area contributed by atoms with E-state index in [1.54, 1.807) is 24.4 Å². The SMILES string of the molecule is O=C(CCc1ncc(-c2cccc(Br)c2)o1)Nc1cccc(Cl)c1Cl. The molecule has 2 aromatic carbocycles. The van der Waals surface area contributed by atoms with Crippen LogP contribution >= 0.6 is 39.1 Å². The molecule has 0 atom stereocenters. The molecule has 1 heterocycles. The van der Waals surface area contributed by atoms with E-state index >= 15 is 0 Å². The number of nitrogens with one attached hydrogen (secondary N) is 1. The largest absolute Gasteiger partial charge is 0.441 e. The predicted octanol–water partition coefficient (Wildman–Crippen LogP) is 5.98. The summed E-state index contributed by atoms with van der Waals surface area (Å²) in [4.78, 5) is 16.3. The smallest absolute Gasteiger partial charge is 0.224 e. The van der Waals surface area contributed by atoms with E-state index in [9.17, 15) is 4.79 Å². The Morgan fingerprint density at radius 1 is 1.20 bits per heavy atom. The lowest BCUT2D eigenvalue weighted by atomic mass is 10.2. The second kappa shape index (κ2) is 8.04. The highest BCUT2D eigenvalue weighted by Crippen LogP contribution is 2.29. The average molecular weight is 440 g/mol. The summed E-state index contributed by atoms with van der Waals surface area (Å²) >= 11 is 15.4. The zero-order valence-corrected chi connectivity index (χ0v) is 16.0. The van der Waals surface area contributed by atoms with Crippen molar-refractivity contribution in [2.75, 3.05) is 5.32 Å². The van der Waals surface area contributed by atoms with Gasteiger partial charge < -0.3 is 9.73 Å². The van der Waals surface area contributed by atoms with Gasteiger partial charge in [0.05, 0.1) is 21.9 Å². The van der Waals surface area contributed by atoms with Gasteiger partial charge in [-0.2, -0.15) is 0 Å². The maximum absolute atomic E-state index is 12.1. The molecule has 0 aliphatic carbocycles. The van der Waals surface area contributed by atoms with E-state index in [1.807, 2.05) is 24.3 Å². The Labute approximate surface area is 163 Å². The van der Waals surface area contributed by atoms with Gasteiger partial charge >= 0.3 is 0 Å². The zero-order valence-electron chi connectivity index (χ0n) is 12.9. The molecule has 1 aromatic heterocycles. The van der Waals surface area contributed by atoms with E-state index in [0.29, 0.717) is 33.8 Å². The number of rotatable bonds is 5. The molecule has 1 N–H and O–H groups in total. The number of hydrogen-bond donors (Lipinski definition) is 1. The molecule has 7 heteroatoms. The Bertz CT molecular complexity index is 912. The van der Waals surface area contributed by atoms with Crippen molar-refractivity contribution >= 4 is 50.7 Å². The van der Waals surface area contributed by atoms with Crippen LogP contribution in [0.5, 0.6) is 0 Å². The van der Waals surface area contributed by atoms with Crippen LogP contribution in [0.15, 0.2) is 57.6 Å². The normalized spacial score (nSPS) is 10.7. The fourth-order valence-electron chi connectivity index (χ4n) is 2.23. The first-order valence-electron chi connectivity index (χ1n) is 7.47. The average Bonchev–Trinajstić information content (AvgIpc) is 3.06. The Hall–Kier alpha value is -1.82. The van der Waals surface area contributed by atoms with Gasteiger partial charge in [0.2, 0.25) is 5.91 Å². The van der Waals surface area contributed by atoms with Gasteiger partial charge in [0.25, 0.3) is 0 Å². The summed E-state index contributed by atoms with van der Waals surface area (Å²) in [5.41, 5.74) is 1.41. The molecule has 0 saturated heterocycles. The number of aromatic nitrogens is 1. The van der Waals surface area contributed by atoms with E-state index in [0.717, 1.165) is 10.0 Å². The highest BCUT2D eigenvalue weighted by molar-refractivity contribution is 9.10. The highest BCUT2D eigenvalue weighted by Gasteiger charge is 2.11. The summed E-state index contributed by atoms with van der Waals surface area (Å²) in [6, 6.07) is 12.8. The summed E-state index contributed by atoms with van der Waals surface area (Å²) in [5, 5.41) is 3.46. The molecule has 3 rings (SSSR count). The number of aryl methyl sites for hydroxylation is 1. The van der Waals surface area contributed by atoms with E-state index in [-0.39, 0.29) is 12.3 Å². The third-order valence-corrected chi connectivity index (χ3v) is 4.77. The van der Waals surface area contributed by atoms with Crippen LogP contribution < -0.4 is 5.32 Å². The van der Waals surface area contributed by atoms with Crippen LogP contribution in [0.4, 0.5) is 5.69 Å². The van der Waals surface area contributed by atoms with Crippen molar-refractivity contribution in [1.29, 1.82) is 0 Å². The fraction of sp³-hybridized carbons (Fsp3) is 0.111. The first kappa shape index (κ1) is 18.0. The molecule has 0 aliphatic heterocycles. The van der Waals surface area contributed by atoms with Gasteiger partial charge in [0, 0.05) is 22.9 Å². The number of oxazole rings is 1. The van der Waals surface area contributed by atoms with Crippen molar-refractivity contribution in [3.63, 3.8) is 0 Å². The van der Waals surface area contributed by atoms with Crippen molar-refractivity contribution in [3.05, 3.63) is 69.1 Å². The lowest BCUT2D eigenvalue weighted by Crippen LogP contribution is -2.12. The van der Waals surface area contributed by atoms with Crippen LogP contribution in [-0.4, -0.2) is 10.9 Å². The third kappa shape index (κ3) is 4.63. The molecular formula is C18H13BrCl2N2O2. The molecule has 0 fully saturated rings. The standard InChI is InChI=1S/C18H13BrCl2N2O2/c19-12-4-1-3-11(9-12)15-10-22-17(25-15)8-7-16(24)23-14-6-2-5-13(20)18(14)21/h1-6,9-10H,7-8H2,(H,23,24). The molecule has 128 valence electrons. The van der Waals surface area contributed by atoms with Crippen molar-refractivity contribution in [2.24, 2.45) is 0 Å². The molecule has 1 amide bonds. The maximum atomic E-state index is 12.1. The number of nitrogens with zero attached hydrogens (tertiary/aromatic N) is 1.